The van der Waals surface area contributed by atoms with Crippen molar-refractivity contribution in [1.82, 2.24) is 4.90 Å². The van der Waals surface area contributed by atoms with Crippen LogP contribution in [0.4, 0.5) is 5.69 Å². The van der Waals surface area contributed by atoms with Gasteiger partial charge in [0.1, 0.15) is 0 Å². The van der Waals surface area contributed by atoms with Crippen molar-refractivity contribution < 1.29 is 0 Å². The Kier molecular flexibility index (Phi) is 3.89. The van der Waals surface area contributed by atoms with E-state index in [4.69, 9.17) is 16.9 Å². The number of aryl methyl sites for hydroxylation is 1. The number of rotatable bonds is 1. The molecule has 2 rings (SSSR count). The minimum absolute atomic E-state index is 0.0639. The summed E-state index contributed by atoms with van der Waals surface area (Å²) in [6, 6.07) is 8.49. The van der Waals surface area contributed by atoms with Crippen molar-refractivity contribution in [3.8, 4) is 0 Å². The minimum Gasteiger partial charge on any atom is -0.370 e. The maximum Gasteiger partial charge on any atom is 0.221 e. The molecule has 1 aliphatic rings. The van der Waals surface area contributed by atoms with E-state index in [0.717, 1.165) is 26.2 Å². The standard InChI is InChI=1S/C13H20N6/c1-10-2-4-11(5-3-10)18-6-8-19(9-7-18)13(16)17-12(14)15/h2-5H,6-9H2,1H3,(H5,14,15,16,17). The average molecular weight is 260 g/mol. The van der Waals surface area contributed by atoms with Crippen LogP contribution in [0.25, 0.3) is 0 Å². The summed E-state index contributed by atoms with van der Waals surface area (Å²) in [4.78, 5) is 7.96. The molecule has 0 atom stereocenters. The van der Waals surface area contributed by atoms with Gasteiger partial charge in [0.05, 0.1) is 0 Å². The predicted molar refractivity (Wildman–Crippen MR) is 78.5 cm³/mol. The van der Waals surface area contributed by atoms with Gasteiger partial charge in [-0.2, -0.15) is 4.99 Å². The highest BCUT2D eigenvalue weighted by Crippen LogP contribution is 2.17. The highest BCUT2D eigenvalue weighted by Gasteiger charge is 2.18. The van der Waals surface area contributed by atoms with Gasteiger partial charge < -0.3 is 21.3 Å². The summed E-state index contributed by atoms with van der Waals surface area (Å²) in [6.45, 7) is 5.32. The molecule has 0 spiro atoms. The summed E-state index contributed by atoms with van der Waals surface area (Å²) < 4.78 is 0. The van der Waals surface area contributed by atoms with Crippen molar-refractivity contribution >= 4 is 17.6 Å². The Labute approximate surface area is 113 Å². The molecule has 0 aromatic heterocycles. The predicted octanol–water partition coefficient (Wildman–Crippen LogP) is 0.325. The molecule has 0 saturated carbocycles. The van der Waals surface area contributed by atoms with Crippen LogP contribution in [0.3, 0.4) is 0 Å². The van der Waals surface area contributed by atoms with Crippen LogP contribution in [0.2, 0.25) is 0 Å². The van der Waals surface area contributed by atoms with Crippen LogP contribution >= 0.6 is 0 Å². The third-order valence-electron chi connectivity index (χ3n) is 3.21. The summed E-state index contributed by atoms with van der Waals surface area (Å²) in [5.41, 5.74) is 13.0. The second-order valence-electron chi connectivity index (χ2n) is 4.67. The van der Waals surface area contributed by atoms with Crippen LogP contribution in [0.1, 0.15) is 5.56 Å². The Morgan fingerprint density at radius 1 is 1.11 bits per heavy atom. The lowest BCUT2D eigenvalue weighted by Gasteiger charge is -2.36. The zero-order chi connectivity index (χ0) is 13.8. The fourth-order valence-electron chi connectivity index (χ4n) is 2.13. The van der Waals surface area contributed by atoms with E-state index in [0.29, 0.717) is 0 Å². The average Bonchev–Trinajstić information content (AvgIpc) is 2.39. The zero-order valence-corrected chi connectivity index (χ0v) is 11.1. The molecular formula is C13H20N6. The largest absolute Gasteiger partial charge is 0.370 e. The Bertz CT molecular complexity index is 466. The molecule has 1 fully saturated rings. The lowest BCUT2D eigenvalue weighted by molar-refractivity contribution is 0.380. The number of nitrogens with zero attached hydrogens (tertiary/aromatic N) is 3. The van der Waals surface area contributed by atoms with E-state index < -0.39 is 0 Å². The normalized spacial score (nSPS) is 15.2. The number of benzene rings is 1. The molecular weight excluding hydrogens is 240 g/mol. The van der Waals surface area contributed by atoms with E-state index >= 15 is 0 Å². The fourth-order valence-corrected chi connectivity index (χ4v) is 2.13. The summed E-state index contributed by atoms with van der Waals surface area (Å²) in [5.74, 6) is 0.0783. The molecule has 6 heteroatoms. The Morgan fingerprint density at radius 3 is 2.21 bits per heavy atom. The van der Waals surface area contributed by atoms with Crippen molar-refractivity contribution in [2.45, 2.75) is 6.92 Å². The van der Waals surface area contributed by atoms with E-state index in [9.17, 15) is 0 Å². The fraction of sp³-hybridized carbons (Fsp3) is 0.385. The number of hydrogen-bond donors (Lipinski definition) is 3. The van der Waals surface area contributed by atoms with Gasteiger partial charge in [-0.1, -0.05) is 17.7 Å². The van der Waals surface area contributed by atoms with Gasteiger partial charge in [-0.05, 0) is 19.1 Å². The van der Waals surface area contributed by atoms with E-state index in [1.165, 1.54) is 11.3 Å². The maximum atomic E-state index is 7.77. The second-order valence-corrected chi connectivity index (χ2v) is 4.67. The number of piperazine rings is 1. The van der Waals surface area contributed by atoms with Gasteiger partial charge in [-0.3, -0.25) is 5.41 Å². The number of nitrogens with one attached hydrogen (secondary N) is 1. The van der Waals surface area contributed by atoms with Gasteiger partial charge in [0, 0.05) is 31.9 Å². The smallest absolute Gasteiger partial charge is 0.221 e. The van der Waals surface area contributed by atoms with Crippen LogP contribution in [0, 0.1) is 12.3 Å². The third-order valence-corrected chi connectivity index (χ3v) is 3.21. The monoisotopic (exact) mass is 260 g/mol. The first-order valence-corrected chi connectivity index (χ1v) is 6.31. The number of anilines is 1. The topological polar surface area (TPSA) is 94.7 Å². The molecule has 0 unspecified atom stereocenters. The molecule has 0 aliphatic carbocycles. The van der Waals surface area contributed by atoms with Gasteiger partial charge in [0.25, 0.3) is 0 Å². The molecule has 102 valence electrons. The highest BCUT2D eigenvalue weighted by molar-refractivity contribution is 5.91. The minimum atomic E-state index is -0.0639. The van der Waals surface area contributed by atoms with E-state index in [1.54, 1.807) is 0 Å². The molecule has 0 amide bonds. The highest BCUT2D eigenvalue weighted by atomic mass is 15.3. The quantitative estimate of drug-likeness (QED) is 0.501. The number of guanidine groups is 2. The summed E-state index contributed by atoms with van der Waals surface area (Å²) in [7, 11) is 0. The molecule has 0 radical (unpaired) electrons. The molecule has 1 aromatic rings. The summed E-state index contributed by atoms with van der Waals surface area (Å²) in [5, 5.41) is 7.77. The first kappa shape index (κ1) is 13.2. The molecule has 5 N–H and O–H groups in total. The van der Waals surface area contributed by atoms with Gasteiger partial charge in [-0.25, -0.2) is 0 Å². The van der Waals surface area contributed by atoms with Gasteiger partial charge in [0.15, 0.2) is 5.96 Å². The number of hydrogen-bond acceptors (Lipinski definition) is 2. The van der Waals surface area contributed by atoms with Gasteiger partial charge >= 0.3 is 0 Å². The van der Waals surface area contributed by atoms with Crippen molar-refractivity contribution in [2.75, 3.05) is 31.1 Å². The lowest BCUT2D eigenvalue weighted by Crippen LogP contribution is -2.48. The first-order valence-electron chi connectivity index (χ1n) is 6.31. The van der Waals surface area contributed by atoms with Crippen LogP contribution in [0.5, 0.6) is 0 Å². The molecule has 1 saturated heterocycles. The SMILES string of the molecule is Cc1ccc(N2CCN(C(=N)N=C(N)N)CC2)cc1. The van der Waals surface area contributed by atoms with Crippen LogP contribution in [0.15, 0.2) is 29.3 Å². The van der Waals surface area contributed by atoms with Crippen LogP contribution < -0.4 is 16.4 Å². The van der Waals surface area contributed by atoms with E-state index in [1.807, 2.05) is 4.90 Å². The van der Waals surface area contributed by atoms with Crippen molar-refractivity contribution in [3.05, 3.63) is 29.8 Å². The van der Waals surface area contributed by atoms with Crippen molar-refractivity contribution in [3.63, 3.8) is 0 Å². The second kappa shape index (κ2) is 5.60. The van der Waals surface area contributed by atoms with Crippen LogP contribution in [-0.2, 0) is 0 Å². The molecule has 0 bridgehead atoms. The van der Waals surface area contributed by atoms with Crippen LogP contribution in [-0.4, -0.2) is 43.0 Å². The molecule has 1 aliphatic heterocycles. The lowest BCUT2D eigenvalue weighted by atomic mass is 10.2. The van der Waals surface area contributed by atoms with Crippen molar-refractivity contribution in [1.29, 1.82) is 5.41 Å². The Hall–Kier alpha value is -2.24. The van der Waals surface area contributed by atoms with Gasteiger partial charge in [0.2, 0.25) is 5.96 Å². The number of nitrogens with two attached hydrogens (primary N) is 2. The Morgan fingerprint density at radius 2 is 1.68 bits per heavy atom. The zero-order valence-electron chi connectivity index (χ0n) is 11.1. The van der Waals surface area contributed by atoms with E-state index in [-0.39, 0.29) is 11.9 Å². The Balaban J connectivity index is 1.94. The molecule has 1 heterocycles. The summed E-state index contributed by atoms with van der Waals surface area (Å²) >= 11 is 0. The third kappa shape index (κ3) is 3.37. The van der Waals surface area contributed by atoms with E-state index in [2.05, 4.69) is 41.1 Å². The molecule has 1 aromatic carbocycles. The maximum absolute atomic E-state index is 7.77. The molecule has 19 heavy (non-hydrogen) atoms. The summed E-state index contributed by atoms with van der Waals surface area (Å²) in [6.07, 6.45) is 0. The first-order chi connectivity index (χ1) is 9.06. The van der Waals surface area contributed by atoms with Gasteiger partial charge in [-0.15, -0.1) is 0 Å². The molecule has 6 nitrogen and oxygen atoms in total. The number of aliphatic imine (C=N–C) groups is 1. The van der Waals surface area contributed by atoms with Crippen molar-refractivity contribution in [2.24, 2.45) is 16.5 Å².